The molecule has 0 N–H and O–H groups in total. The van der Waals surface area contributed by atoms with Crippen LogP contribution in [0.2, 0.25) is 0 Å². The van der Waals surface area contributed by atoms with Crippen molar-refractivity contribution in [3.05, 3.63) is 143 Å². The van der Waals surface area contributed by atoms with Crippen LogP contribution in [0.5, 0.6) is 34.5 Å². The molecule has 5 aromatic carbocycles. The molecule has 0 saturated carbocycles. The Morgan fingerprint density at radius 3 is 1.77 bits per heavy atom. The monoisotopic (exact) mass is 816 g/mol. The van der Waals surface area contributed by atoms with E-state index in [-0.39, 0.29) is 24.6 Å². The number of amides is 1. The topological polar surface area (TPSA) is 104 Å². The lowest BCUT2D eigenvalue weighted by atomic mass is 9.95. The van der Waals surface area contributed by atoms with Crippen molar-refractivity contribution in [1.82, 2.24) is 9.80 Å². The summed E-state index contributed by atoms with van der Waals surface area (Å²) in [5.41, 5.74) is 9.71. The van der Waals surface area contributed by atoms with Crippen LogP contribution in [0.1, 0.15) is 51.0 Å². The molecule has 4 aliphatic heterocycles. The summed E-state index contributed by atoms with van der Waals surface area (Å²) in [5.74, 6) is 3.83. The number of carbonyl (C=O) groups excluding carboxylic acids is 1. The Balaban J connectivity index is 0.870. The second kappa shape index (κ2) is 17.4. The summed E-state index contributed by atoms with van der Waals surface area (Å²) in [6.07, 6.45) is 9.97. The first-order chi connectivity index (χ1) is 29.9. The Labute approximate surface area is 356 Å². The largest absolute Gasteiger partial charge is 0.497 e. The van der Waals surface area contributed by atoms with Crippen molar-refractivity contribution in [2.45, 2.75) is 44.7 Å². The lowest BCUT2D eigenvalue weighted by Crippen LogP contribution is -2.42. The summed E-state index contributed by atoms with van der Waals surface area (Å²) >= 11 is 0. The quantitative estimate of drug-likeness (QED) is 0.123. The third-order valence-electron chi connectivity index (χ3n) is 11.8. The van der Waals surface area contributed by atoms with Crippen molar-refractivity contribution in [1.29, 1.82) is 0 Å². The van der Waals surface area contributed by atoms with Crippen LogP contribution in [0.15, 0.2) is 119 Å². The maximum Gasteiger partial charge on any atom is 0.256 e. The van der Waals surface area contributed by atoms with E-state index in [1.807, 2.05) is 84.1 Å². The van der Waals surface area contributed by atoms with Gasteiger partial charge in [0.05, 0.1) is 57.5 Å². The van der Waals surface area contributed by atoms with E-state index in [9.17, 15) is 4.79 Å². The summed E-state index contributed by atoms with van der Waals surface area (Å²) in [6.45, 7) is 2.84. The number of benzene rings is 5. The molecule has 2 atom stereocenters. The Bertz CT molecular complexity index is 2560. The minimum absolute atomic E-state index is 0.0825. The number of hydrogen-bond donors (Lipinski definition) is 0. The van der Waals surface area contributed by atoms with Crippen molar-refractivity contribution < 1.29 is 33.2 Å². The second-order valence-corrected chi connectivity index (χ2v) is 15.4. The summed E-state index contributed by atoms with van der Waals surface area (Å²) in [6, 6.07) is 31.7. The zero-order chi connectivity index (χ0) is 41.9. The van der Waals surface area contributed by atoms with Gasteiger partial charge in [-0.15, -0.1) is 0 Å². The first-order valence-electron chi connectivity index (χ1n) is 20.5. The maximum atomic E-state index is 13.9. The first kappa shape index (κ1) is 39.6. The van der Waals surface area contributed by atoms with E-state index in [0.29, 0.717) is 47.4 Å². The fourth-order valence-corrected chi connectivity index (χ4v) is 8.38. The highest BCUT2D eigenvalue weighted by Crippen LogP contribution is 2.41. The highest BCUT2D eigenvalue weighted by molar-refractivity contribution is 6.04. The molecule has 1 amide bonds. The number of aliphatic imine (C=N–C) groups is 2. The van der Waals surface area contributed by atoms with Crippen LogP contribution < -0.4 is 28.4 Å². The lowest BCUT2D eigenvalue weighted by Gasteiger charge is -2.31. The van der Waals surface area contributed by atoms with Crippen LogP contribution >= 0.6 is 0 Å². The van der Waals surface area contributed by atoms with Crippen molar-refractivity contribution >= 4 is 40.9 Å². The molecular formula is C50H48N4O7. The Morgan fingerprint density at radius 1 is 0.590 bits per heavy atom. The van der Waals surface area contributed by atoms with Crippen molar-refractivity contribution in [3.8, 4) is 34.5 Å². The third kappa shape index (κ3) is 8.34. The van der Waals surface area contributed by atoms with E-state index in [4.69, 9.17) is 38.4 Å². The number of nitrogens with zero attached hydrogens (tertiary/aromatic N) is 4. The van der Waals surface area contributed by atoms with Gasteiger partial charge >= 0.3 is 0 Å². The second-order valence-electron chi connectivity index (χ2n) is 15.4. The molecule has 0 aliphatic carbocycles. The molecule has 5 aromatic rings. The molecular weight excluding hydrogens is 769 g/mol. The fraction of sp³-hybridized carbons (Fsp3) is 0.260. The molecule has 0 saturated heterocycles. The van der Waals surface area contributed by atoms with E-state index >= 15 is 0 Å². The zero-order valence-corrected chi connectivity index (χ0v) is 34.8. The number of ether oxygens (including phenoxy) is 6. The highest BCUT2D eigenvalue weighted by Gasteiger charge is 2.32. The third-order valence-corrected chi connectivity index (χ3v) is 11.8. The molecule has 0 aromatic heterocycles. The summed E-state index contributed by atoms with van der Waals surface area (Å²) < 4.78 is 35.0. The van der Waals surface area contributed by atoms with Gasteiger partial charge in [-0.2, -0.15) is 0 Å². The van der Waals surface area contributed by atoms with Crippen molar-refractivity contribution in [2.24, 2.45) is 9.98 Å². The molecule has 0 radical (unpaired) electrons. The summed E-state index contributed by atoms with van der Waals surface area (Å²) in [5, 5.41) is 0. The van der Waals surface area contributed by atoms with Gasteiger partial charge in [-0.1, -0.05) is 54.6 Å². The molecule has 61 heavy (non-hydrogen) atoms. The van der Waals surface area contributed by atoms with Crippen LogP contribution in [-0.2, 0) is 19.8 Å². The molecule has 0 bridgehead atoms. The van der Waals surface area contributed by atoms with Crippen LogP contribution in [0, 0.1) is 0 Å². The number of rotatable bonds is 12. The lowest BCUT2D eigenvalue weighted by molar-refractivity contribution is 0.0751. The minimum Gasteiger partial charge on any atom is -0.497 e. The molecule has 4 aliphatic rings. The maximum absolute atomic E-state index is 13.9. The Kier molecular flexibility index (Phi) is 11.3. The molecule has 9 rings (SSSR count). The zero-order valence-electron chi connectivity index (χ0n) is 34.8. The van der Waals surface area contributed by atoms with Gasteiger partial charge in [0.1, 0.15) is 24.7 Å². The summed E-state index contributed by atoms with van der Waals surface area (Å²) in [7, 11) is 6.59. The van der Waals surface area contributed by atoms with Crippen LogP contribution in [-0.4, -0.2) is 81.7 Å². The highest BCUT2D eigenvalue weighted by atomic mass is 16.5. The van der Waals surface area contributed by atoms with Crippen molar-refractivity contribution in [2.75, 3.05) is 41.5 Å². The number of hydrogen-bond acceptors (Lipinski definition) is 10. The average Bonchev–Trinajstić information content (AvgIpc) is 3.57. The van der Waals surface area contributed by atoms with E-state index in [1.165, 1.54) is 16.7 Å². The standard InChI is InChI=1S/C50H48N4O7/c1-56-41-12-8-34(9-13-41)36-16-18-53-29-38-23-46(58-3)48(25-44(38)51-27-39(53)21-36)60-30-32-6-5-7-33(20-32)31-61-49-26-45-43(24-47(49)59-4)50(55)54-19-17-37(22-40(54)28-52-45)35-10-14-42(57-2)15-11-35/h5-15,20-28,39-40H,16-19,29-31H2,1-4H3/t39-,40-/m0/s1. The Hall–Kier alpha value is -6.85. The Morgan fingerprint density at radius 2 is 1.15 bits per heavy atom. The first-order valence-corrected chi connectivity index (χ1v) is 20.5. The van der Waals surface area contributed by atoms with Crippen LogP contribution in [0.4, 0.5) is 11.4 Å². The van der Waals surface area contributed by atoms with E-state index in [2.05, 4.69) is 35.3 Å². The number of fused-ring (bicyclic) bond motifs is 4. The van der Waals surface area contributed by atoms with Gasteiger partial charge in [-0.25, -0.2) is 0 Å². The van der Waals surface area contributed by atoms with Crippen molar-refractivity contribution in [3.63, 3.8) is 0 Å². The normalized spacial score (nSPS) is 18.0. The van der Waals surface area contributed by atoms with Crippen LogP contribution in [0.3, 0.4) is 0 Å². The molecule has 11 heteroatoms. The number of methoxy groups -OCH3 is 4. The van der Waals surface area contributed by atoms with Gasteiger partial charge in [-0.05, 0) is 94.3 Å². The molecule has 0 spiro atoms. The van der Waals surface area contributed by atoms with Gasteiger partial charge in [0, 0.05) is 44.2 Å². The van der Waals surface area contributed by atoms with Gasteiger partial charge in [0.25, 0.3) is 5.91 Å². The predicted molar refractivity (Wildman–Crippen MR) is 238 cm³/mol. The van der Waals surface area contributed by atoms with Gasteiger partial charge in [-0.3, -0.25) is 19.7 Å². The number of carbonyl (C=O) groups is 1. The average molecular weight is 817 g/mol. The van der Waals surface area contributed by atoms with E-state index in [1.54, 1.807) is 40.6 Å². The van der Waals surface area contributed by atoms with E-state index in [0.717, 1.165) is 65.4 Å². The minimum atomic E-state index is -0.274. The molecule has 0 fully saturated rings. The predicted octanol–water partition coefficient (Wildman–Crippen LogP) is 9.27. The molecule has 0 unspecified atom stereocenters. The van der Waals surface area contributed by atoms with Gasteiger partial charge in [0.2, 0.25) is 0 Å². The van der Waals surface area contributed by atoms with Crippen LogP contribution in [0.25, 0.3) is 11.1 Å². The van der Waals surface area contributed by atoms with Gasteiger partial charge < -0.3 is 33.3 Å². The smallest absolute Gasteiger partial charge is 0.256 e. The molecule has 4 heterocycles. The SMILES string of the molecule is COc1ccc(C2=C[C@H]3C=Nc4cc(OCc5cccc(COc6cc7c(cc6OC)C(=O)N6CCC(c8ccc(OC)cc8)=C[C@H]6C=N7)c5)c(OC)cc4CN3CC2)cc1. The molecule has 11 nitrogen and oxygen atoms in total. The fourth-order valence-electron chi connectivity index (χ4n) is 8.38. The summed E-state index contributed by atoms with van der Waals surface area (Å²) in [4.78, 5) is 27.9. The molecule has 310 valence electrons. The van der Waals surface area contributed by atoms with Gasteiger partial charge in [0.15, 0.2) is 23.0 Å². The van der Waals surface area contributed by atoms with E-state index < -0.39 is 0 Å².